The van der Waals surface area contributed by atoms with Gasteiger partial charge in [-0.15, -0.1) is 0 Å². The molecule has 1 amide bonds. The number of hydrogen-bond donors (Lipinski definition) is 1. The number of benzene rings is 6. The van der Waals surface area contributed by atoms with Crippen LogP contribution in [0.3, 0.4) is 0 Å². The molecule has 1 heterocycles. The van der Waals surface area contributed by atoms with Crippen LogP contribution >= 0.6 is 0 Å². The van der Waals surface area contributed by atoms with Crippen LogP contribution in [0, 0.1) is 19.8 Å². The van der Waals surface area contributed by atoms with Crippen molar-refractivity contribution in [2.45, 2.75) is 94.8 Å². The molecule has 0 bridgehead atoms. The molecule has 1 atom stereocenters. The molecule has 5 aromatic rings. The van der Waals surface area contributed by atoms with Crippen LogP contribution in [-0.2, 0) is 45.7 Å². The van der Waals surface area contributed by atoms with Crippen LogP contribution in [0.4, 0.5) is 5.69 Å². The molecule has 2 aliphatic rings. The van der Waals surface area contributed by atoms with E-state index in [-0.39, 0.29) is 77.6 Å². The maximum absolute atomic E-state index is 13.9. The number of hydrogen-bond acceptors (Lipinski definition) is 13. The number of aryl methyl sites for hydroxylation is 3. The van der Waals surface area contributed by atoms with E-state index in [0.29, 0.717) is 58.2 Å². The lowest BCUT2D eigenvalue weighted by molar-refractivity contribution is -0.122. The second-order valence-electron chi connectivity index (χ2n) is 20.0. The predicted molar refractivity (Wildman–Crippen MR) is 312 cm³/mol. The summed E-state index contributed by atoms with van der Waals surface area (Å²) in [7, 11) is -13.1. The molecule has 0 aromatic heterocycles. The van der Waals surface area contributed by atoms with Gasteiger partial charge in [0.25, 0.3) is 0 Å². The first kappa shape index (κ1) is 60.8. The average molecular weight is 1150 g/mol. The van der Waals surface area contributed by atoms with Crippen LogP contribution in [0.5, 0.6) is 0 Å². The van der Waals surface area contributed by atoms with Crippen LogP contribution in [0.2, 0.25) is 0 Å². The van der Waals surface area contributed by atoms with Gasteiger partial charge in [0.1, 0.15) is 34.6 Å². The third-order valence-corrected chi connectivity index (χ3v) is 18.9. The highest BCUT2D eigenvalue weighted by atomic mass is 32.2. The van der Waals surface area contributed by atoms with Gasteiger partial charge in [0.05, 0.1) is 38.9 Å². The first-order valence-electron chi connectivity index (χ1n) is 27.2. The number of nitrogens with one attached hydrogen (secondary N) is 1. The molecule has 1 aliphatic carbocycles. The van der Waals surface area contributed by atoms with Crippen LogP contribution in [0.25, 0.3) is 33.4 Å². The highest BCUT2D eigenvalue weighted by Gasteiger charge is 2.29. The van der Waals surface area contributed by atoms with Crippen LogP contribution in [0.15, 0.2) is 146 Å². The maximum Gasteiger partial charge on any atom is 0.222 e. The number of ether oxygens (including phenoxy) is 1. The summed E-state index contributed by atoms with van der Waals surface area (Å²) in [4.78, 5) is 40.9. The molecule has 1 unspecified atom stereocenters. The van der Waals surface area contributed by atoms with Gasteiger partial charge in [0, 0.05) is 96.0 Å². The van der Waals surface area contributed by atoms with Crippen molar-refractivity contribution in [3.8, 4) is 22.5 Å². The van der Waals surface area contributed by atoms with Crippen molar-refractivity contribution >= 4 is 63.9 Å². The monoisotopic (exact) mass is 1150 g/mol. The molecule has 5 aromatic carbocycles. The quantitative estimate of drug-likeness (QED) is 0.0159. The Bertz CT molecular complexity index is 3720. The maximum atomic E-state index is 13.9. The fourth-order valence-electron chi connectivity index (χ4n) is 9.83. The molecular weight excluding hydrogens is 1070 g/mol. The number of sulfone groups is 2. The molecule has 0 saturated carbocycles. The number of anilines is 1. The fourth-order valence-corrected chi connectivity index (χ4v) is 13.5. The van der Waals surface area contributed by atoms with Crippen LogP contribution in [0.1, 0.15) is 97.2 Å². The molecular formula is C62H71N3O12S3. The Morgan fingerprint density at radius 1 is 0.675 bits per heavy atom. The van der Waals surface area contributed by atoms with Crippen LogP contribution in [-0.4, -0.2) is 105 Å². The summed E-state index contributed by atoms with van der Waals surface area (Å²) in [6, 6.07) is 35.5. The number of carbonyl (C=O) groups excluding carboxylic acids is 3. The largest absolute Gasteiger partial charge is 0.744 e. The minimum absolute atomic E-state index is 0.00118. The third kappa shape index (κ3) is 15.3. The number of carbonyl (C=O) groups is 3. The van der Waals surface area contributed by atoms with Crippen molar-refractivity contribution < 1.29 is 53.3 Å². The van der Waals surface area contributed by atoms with E-state index in [1.165, 1.54) is 12.1 Å². The lowest BCUT2D eigenvalue weighted by atomic mass is 9.92. The van der Waals surface area contributed by atoms with Gasteiger partial charge in [-0.25, -0.2) is 29.8 Å². The summed E-state index contributed by atoms with van der Waals surface area (Å²) < 4.78 is 108. The van der Waals surface area contributed by atoms with Gasteiger partial charge >= 0.3 is 0 Å². The zero-order valence-corrected chi connectivity index (χ0v) is 48.8. The van der Waals surface area contributed by atoms with Gasteiger partial charge in [0.15, 0.2) is 31.2 Å². The lowest BCUT2D eigenvalue weighted by Crippen LogP contribution is -2.29. The molecule has 18 heteroatoms. The Kier molecular flexibility index (Phi) is 20.6. The Balaban J connectivity index is 0.907. The van der Waals surface area contributed by atoms with Gasteiger partial charge in [-0.2, -0.15) is 0 Å². The smallest absolute Gasteiger partial charge is 0.222 e. The highest BCUT2D eigenvalue weighted by molar-refractivity contribution is 7.91. The number of fused-ring (bicyclic) bond motifs is 2. The summed E-state index contributed by atoms with van der Waals surface area (Å²) in [6.07, 6.45) is 1.30. The van der Waals surface area contributed by atoms with Gasteiger partial charge in [-0.3, -0.25) is 14.4 Å². The molecule has 7 rings (SSSR count). The van der Waals surface area contributed by atoms with Crippen molar-refractivity contribution in [2.75, 3.05) is 62.3 Å². The van der Waals surface area contributed by atoms with E-state index in [9.17, 15) is 44.2 Å². The van der Waals surface area contributed by atoms with Crippen molar-refractivity contribution in [3.05, 3.63) is 161 Å². The molecule has 15 nitrogen and oxygen atoms in total. The van der Waals surface area contributed by atoms with Crippen molar-refractivity contribution in [1.29, 1.82) is 0 Å². The predicted octanol–water partition coefficient (Wildman–Crippen LogP) is 9.64. The van der Waals surface area contributed by atoms with Crippen molar-refractivity contribution in [1.82, 2.24) is 9.89 Å². The number of nitrogens with zero attached hydrogens (tertiary/aromatic N) is 2. The molecule has 0 radical (unpaired) electrons. The first-order chi connectivity index (χ1) is 38.2. The van der Waals surface area contributed by atoms with Gasteiger partial charge in [-0.1, -0.05) is 77.9 Å². The molecule has 0 spiro atoms. The Morgan fingerprint density at radius 3 is 1.96 bits per heavy atom. The molecule has 1 N–H and O–H groups in total. The third-order valence-electron chi connectivity index (χ3n) is 14.4. The molecule has 0 saturated heterocycles. The zero-order chi connectivity index (χ0) is 57.8. The van der Waals surface area contributed by atoms with E-state index in [1.807, 2.05) is 102 Å². The molecule has 0 fully saturated rings. The van der Waals surface area contributed by atoms with Crippen molar-refractivity contribution in [3.63, 3.8) is 0 Å². The normalized spacial score (nSPS) is 12.4. The SMILES string of the molecule is CCN(CC)c1ccc2c(-c3ccc(S(=O)(=O)CCCNC(=O)CCOCCCC(=O)c4ccc(C(=O)C(CCc5ccc(C)cc5)CS(=O)(=O)c5ccc(C)cc5)cc4)cc3S(=O)(=O)[O-])c3ccc(=[N+](CC)CC)cc-3oc2c1. The molecule has 1 aliphatic heterocycles. The fraction of sp³-hybridized carbons (Fsp3) is 0.355. The number of rotatable bonds is 28. The van der Waals surface area contributed by atoms with E-state index < -0.39 is 46.4 Å². The van der Waals surface area contributed by atoms with E-state index in [2.05, 4.69) is 14.8 Å². The minimum Gasteiger partial charge on any atom is -0.744 e. The summed E-state index contributed by atoms with van der Waals surface area (Å²) in [5.74, 6) is -2.03. The second kappa shape index (κ2) is 27.1. The number of Topliss-reactive ketones (excluding diaryl/α,β-unsaturated/α-hetero) is 2. The zero-order valence-electron chi connectivity index (χ0n) is 46.3. The average Bonchev–Trinajstić information content (AvgIpc) is 3.64. The second-order valence-corrected chi connectivity index (χ2v) is 25.5. The highest BCUT2D eigenvalue weighted by Crippen LogP contribution is 2.43. The number of ketones is 2. The Hall–Kier alpha value is -6.83. The van der Waals surface area contributed by atoms with Gasteiger partial charge in [-0.05, 0) is 115 Å². The summed E-state index contributed by atoms with van der Waals surface area (Å²) in [5, 5.41) is 4.11. The Labute approximate surface area is 470 Å². The number of amides is 1. The standard InChI is InChI=1S/C62H71N3O12S3/c1-7-64(8-2)49-26-31-53-57(39-49)77-58-40-50(65(9-3)10-4)27-32-54(58)61(53)55-33-30-52(41-59(55)80(73,74)75)78(69,70)38-12-35-63-60(67)34-37-76-36-11-13-56(66)46-22-24-47(25-23-46)62(68)48(21-20-45-18-14-43(5)15-19-45)42-79(71,72)51-28-16-44(6)17-29-51/h14-19,22-33,39-41,48H,7-13,20-21,34-38,42H2,1-6H3,(H-,63,67,73,74,75). The van der Waals surface area contributed by atoms with Gasteiger partial charge < -0.3 is 23.9 Å². The van der Waals surface area contributed by atoms with E-state index in [4.69, 9.17) is 9.15 Å². The van der Waals surface area contributed by atoms with Crippen LogP contribution < -0.4 is 20.1 Å². The lowest BCUT2D eigenvalue weighted by Gasteiger charge is -2.23. The molecule has 424 valence electrons. The summed E-state index contributed by atoms with van der Waals surface area (Å²) in [6.45, 7) is 15.2. The molecule has 80 heavy (non-hydrogen) atoms. The summed E-state index contributed by atoms with van der Waals surface area (Å²) >= 11 is 0. The van der Waals surface area contributed by atoms with E-state index in [1.54, 1.807) is 48.5 Å². The van der Waals surface area contributed by atoms with Gasteiger partial charge in [0.2, 0.25) is 11.3 Å². The topological polar surface area (TPSA) is 217 Å². The van der Waals surface area contributed by atoms with E-state index in [0.717, 1.165) is 60.0 Å². The van der Waals surface area contributed by atoms with E-state index >= 15 is 0 Å². The summed E-state index contributed by atoms with van der Waals surface area (Å²) in [5.41, 5.74) is 6.06. The van der Waals surface area contributed by atoms with Crippen molar-refractivity contribution in [2.24, 2.45) is 5.92 Å². The Morgan fingerprint density at radius 2 is 1.31 bits per heavy atom. The minimum atomic E-state index is -5.23. The first-order valence-corrected chi connectivity index (χ1v) is 31.9.